The van der Waals surface area contributed by atoms with Gasteiger partial charge in [0.05, 0.1) is 26.5 Å². The number of methoxy groups -OCH3 is 2. The van der Waals surface area contributed by atoms with Crippen LogP contribution in [-0.4, -0.2) is 32.2 Å². The first kappa shape index (κ1) is 22.0. The summed E-state index contributed by atoms with van der Waals surface area (Å²) >= 11 is 1.62. The number of aromatic nitrogens is 1. The van der Waals surface area contributed by atoms with E-state index in [0.29, 0.717) is 24.0 Å². The molecular weight excluding hydrogens is 487 g/mol. The van der Waals surface area contributed by atoms with Crippen molar-refractivity contribution in [2.75, 3.05) is 26.6 Å². The molecule has 0 saturated heterocycles. The van der Waals surface area contributed by atoms with Crippen molar-refractivity contribution in [1.29, 1.82) is 0 Å². The number of nitrogens with one attached hydrogen (secondary N) is 2. The van der Waals surface area contributed by atoms with Gasteiger partial charge in [-0.1, -0.05) is 30.3 Å². The van der Waals surface area contributed by atoms with Gasteiger partial charge >= 0.3 is 0 Å². The number of guanidine groups is 1. The lowest BCUT2D eigenvalue weighted by atomic mass is 10.2. The normalized spacial score (nSPS) is 10.8. The van der Waals surface area contributed by atoms with Crippen LogP contribution in [0.15, 0.2) is 58.9 Å². The fourth-order valence-electron chi connectivity index (χ4n) is 2.52. The van der Waals surface area contributed by atoms with Crippen molar-refractivity contribution >= 4 is 47.0 Å². The number of ether oxygens (including phenoxy) is 2. The molecule has 0 fully saturated rings. The lowest BCUT2D eigenvalue weighted by Gasteiger charge is -2.13. The third-order valence-corrected chi connectivity index (χ3v) is 4.75. The van der Waals surface area contributed by atoms with Crippen LogP contribution in [0.5, 0.6) is 11.5 Å². The highest BCUT2D eigenvalue weighted by Gasteiger charge is 2.08. The third kappa shape index (κ3) is 5.59. The van der Waals surface area contributed by atoms with Crippen LogP contribution in [0.2, 0.25) is 0 Å². The summed E-state index contributed by atoms with van der Waals surface area (Å²) in [4.78, 5) is 8.94. The van der Waals surface area contributed by atoms with E-state index in [1.54, 1.807) is 32.6 Å². The zero-order valence-electron chi connectivity index (χ0n) is 15.9. The Morgan fingerprint density at radius 1 is 1.07 bits per heavy atom. The van der Waals surface area contributed by atoms with Gasteiger partial charge in [-0.2, -0.15) is 0 Å². The molecule has 2 aromatic carbocycles. The first-order chi connectivity index (χ1) is 13.2. The first-order valence-electron chi connectivity index (χ1n) is 8.43. The molecule has 1 aromatic heterocycles. The highest BCUT2D eigenvalue weighted by molar-refractivity contribution is 14.0. The van der Waals surface area contributed by atoms with E-state index in [9.17, 15) is 0 Å². The highest BCUT2D eigenvalue weighted by Crippen LogP contribution is 2.29. The summed E-state index contributed by atoms with van der Waals surface area (Å²) in [5, 5.41) is 9.58. The smallest absolute Gasteiger partial charge is 0.195 e. The third-order valence-electron chi connectivity index (χ3n) is 3.90. The molecule has 3 rings (SSSR count). The molecule has 0 unspecified atom stereocenters. The molecule has 6 nitrogen and oxygen atoms in total. The maximum absolute atomic E-state index is 5.33. The second kappa shape index (κ2) is 10.9. The predicted molar refractivity (Wildman–Crippen MR) is 126 cm³/mol. The van der Waals surface area contributed by atoms with Gasteiger partial charge in [0.1, 0.15) is 5.01 Å². The summed E-state index contributed by atoms with van der Waals surface area (Å²) < 4.78 is 10.6. The van der Waals surface area contributed by atoms with E-state index in [2.05, 4.69) is 38.1 Å². The molecule has 2 N–H and O–H groups in total. The molecule has 148 valence electrons. The van der Waals surface area contributed by atoms with E-state index in [0.717, 1.165) is 22.0 Å². The number of benzene rings is 2. The Labute approximate surface area is 186 Å². The Bertz CT molecular complexity index is 916. The largest absolute Gasteiger partial charge is 0.493 e. The minimum atomic E-state index is 0. The lowest BCUT2D eigenvalue weighted by Crippen LogP contribution is -2.30. The van der Waals surface area contributed by atoms with Gasteiger partial charge in [-0.05, 0) is 12.1 Å². The van der Waals surface area contributed by atoms with Crippen LogP contribution in [0.25, 0.3) is 11.3 Å². The molecule has 0 aliphatic carbocycles. The number of thiazole rings is 1. The topological polar surface area (TPSA) is 67.8 Å². The number of anilines is 1. The van der Waals surface area contributed by atoms with E-state index >= 15 is 0 Å². The summed E-state index contributed by atoms with van der Waals surface area (Å²) in [5.41, 5.74) is 2.96. The second-order valence-electron chi connectivity index (χ2n) is 5.61. The Hall–Kier alpha value is -2.33. The Balaban J connectivity index is 0.00000280. The average Bonchev–Trinajstić information content (AvgIpc) is 3.20. The van der Waals surface area contributed by atoms with Gasteiger partial charge in [0.25, 0.3) is 0 Å². The lowest BCUT2D eigenvalue weighted by molar-refractivity contribution is 0.355. The number of aliphatic imine (C=N–C) groups is 1. The van der Waals surface area contributed by atoms with Crippen LogP contribution in [0.3, 0.4) is 0 Å². The number of nitrogens with zero attached hydrogens (tertiary/aromatic N) is 2. The van der Waals surface area contributed by atoms with E-state index < -0.39 is 0 Å². The monoisotopic (exact) mass is 510 g/mol. The number of hydrogen-bond donors (Lipinski definition) is 2. The molecule has 8 heteroatoms. The Kier molecular flexibility index (Phi) is 8.52. The number of hydrogen-bond acceptors (Lipinski definition) is 5. The van der Waals surface area contributed by atoms with Crippen LogP contribution in [0.4, 0.5) is 5.69 Å². The van der Waals surface area contributed by atoms with Gasteiger partial charge in [-0.25, -0.2) is 4.98 Å². The Morgan fingerprint density at radius 2 is 1.82 bits per heavy atom. The fraction of sp³-hybridized carbons (Fsp3) is 0.200. The SMILES string of the molecule is CN=C(NCc1nc(-c2ccccc2)cs1)Nc1ccc(OC)c(OC)c1.I. The van der Waals surface area contributed by atoms with Crippen LogP contribution >= 0.6 is 35.3 Å². The van der Waals surface area contributed by atoms with Crippen molar-refractivity contribution < 1.29 is 9.47 Å². The number of rotatable bonds is 6. The highest BCUT2D eigenvalue weighted by atomic mass is 127. The maximum atomic E-state index is 5.33. The molecule has 1 heterocycles. The summed E-state index contributed by atoms with van der Waals surface area (Å²) in [5.74, 6) is 1.99. The van der Waals surface area contributed by atoms with Crippen molar-refractivity contribution in [1.82, 2.24) is 10.3 Å². The van der Waals surface area contributed by atoms with Gasteiger partial charge in [0, 0.05) is 29.7 Å². The van der Waals surface area contributed by atoms with E-state index in [-0.39, 0.29) is 24.0 Å². The average molecular weight is 510 g/mol. The molecule has 0 radical (unpaired) electrons. The molecular formula is C20H23IN4O2S. The molecule has 0 aliphatic rings. The molecule has 3 aromatic rings. The molecule has 0 aliphatic heterocycles. The van der Waals surface area contributed by atoms with Crippen LogP contribution < -0.4 is 20.1 Å². The van der Waals surface area contributed by atoms with Crippen LogP contribution in [0.1, 0.15) is 5.01 Å². The quantitative estimate of drug-likeness (QED) is 0.288. The van der Waals surface area contributed by atoms with E-state index in [4.69, 9.17) is 9.47 Å². The first-order valence-corrected chi connectivity index (χ1v) is 9.31. The molecule has 28 heavy (non-hydrogen) atoms. The second-order valence-corrected chi connectivity index (χ2v) is 6.56. The van der Waals surface area contributed by atoms with Gasteiger partial charge in [0.2, 0.25) is 0 Å². The van der Waals surface area contributed by atoms with Gasteiger partial charge in [-0.3, -0.25) is 4.99 Å². The minimum absolute atomic E-state index is 0. The summed E-state index contributed by atoms with van der Waals surface area (Å²) in [6.07, 6.45) is 0. The molecule has 0 amide bonds. The van der Waals surface area contributed by atoms with Gasteiger partial charge in [0.15, 0.2) is 17.5 Å². The standard InChI is InChI=1S/C20H22N4O2S.HI/c1-21-20(23-15-9-10-17(25-2)18(11-15)26-3)22-12-19-24-16(13-27-19)14-7-5-4-6-8-14;/h4-11,13H,12H2,1-3H3,(H2,21,22,23);1H. The molecule has 0 atom stereocenters. The fourth-order valence-corrected chi connectivity index (χ4v) is 3.27. The molecule has 0 saturated carbocycles. The molecule has 0 spiro atoms. The summed E-state index contributed by atoms with van der Waals surface area (Å²) in [7, 11) is 4.96. The van der Waals surface area contributed by atoms with E-state index in [1.807, 2.05) is 36.4 Å². The summed E-state index contributed by atoms with van der Waals surface area (Å²) in [6, 6.07) is 15.8. The predicted octanol–water partition coefficient (Wildman–Crippen LogP) is 4.63. The minimum Gasteiger partial charge on any atom is -0.493 e. The zero-order chi connectivity index (χ0) is 19.1. The van der Waals surface area contributed by atoms with Crippen molar-refractivity contribution in [3.63, 3.8) is 0 Å². The maximum Gasteiger partial charge on any atom is 0.195 e. The summed E-state index contributed by atoms with van der Waals surface area (Å²) in [6.45, 7) is 0.588. The zero-order valence-corrected chi connectivity index (χ0v) is 19.1. The van der Waals surface area contributed by atoms with Crippen molar-refractivity contribution in [3.8, 4) is 22.8 Å². The van der Waals surface area contributed by atoms with Crippen LogP contribution in [-0.2, 0) is 6.54 Å². The molecule has 0 bridgehead atoms. The van der Waals surface area contributed by atoms with Crippen molar-refractivity contribution in [2.45, 2.75) is 6.54 Å². The Morgan fingerprint density at radius 3 is 2.50 bits per heavy atom. The van der Waals surface area contributed by atoms with Crippen molar-refractivity contribution in [3.05, 3.63) is 58.9 Å². The van der Waals surface area contributed by atoms with Gasteiger partial charge < -0.3 is 20.1 Å². The van der Waals surface area contributed by atoms with Gasteiger partial charge in [-0.15, -0.1) is 35.3 Å². The van der Waals surface area contributed by atoms with Crippen LogP contribution in [0, 0.1) is 0 Å². The number of halogens is 1. The van der Waals surface area contributed by atoms with E-state index in [1.165, 1.54) is 0 Å². The van der Waals surface area contributed by atoms with Crippen molar-refractivity contribution in [2.24, 2.45) is 4.99 Å².